The van der Waals surface area contributed by atoms with E-state index in [0.29, 0.717) is 0 Å². The van der Waals surface area contributed by atoms with E-state index in [1.54, 1.807) is 0 Å². The molecule has 2 aromatic heterocycles. The molecule has 2 nitrogen and oxygen atoms in total. The maximum atomic E-state index is 3.59. The fourth-order valence-corrected chi connectivity index (χ4v) is 5.85. The van der Waals surface area contributed by atoms with Crippen molar-refractivity contribution in [2.24, 2.45) is 0 Å². The summed E-state index contributed by atoms with van der Waals surface area (Å²) in [7, 11) is 0. The summed E-state index contributed by atoms with van der Waals surface area (Å²) in [6, 6.07) is 46.1. The molecule has 0 amide bonds. The minimum absolute atomic E-state index is 1.17. The maximum absolute atomic E-state index is 3.59. The Morgan fingerprint density at radius 3 is 2.03 bits per heavy atom. The summed E-state index contributed by atoms with van der Waals surface area (Å²) in [5, 5.41) is 7.59. The molecule has 1 N–H and O–H groups in total. The molecule has 0 saturated carbocycles. The van der Waals surface area contributed by atoms with E-state index in [2.05, 4.69) is 137 Å². The Bertz CT molecular complexity index is 2100. The van der Waals surface area contributed by atoms with Gasteiger partial charge in [-0.05, 0) is 52.9 Å². The van der Waals surface area contributed by atoms with Crippen molar-refractivity contribution in [3.63, 3.8) is 0 Å². The molecule has 0 aliphatic heterocycles. The van der Waals surface area contributed by atoms with Crippen molar-refractivity contribution < 1.29 is 0 Å². The van der Waals surface area contributed by atoms with Crippen LogP contribution in [0.3, 0.4) is 0 Å². The van der Waals surface area contributed by atoms with Crippen LogP contribution in [0.5, 0.6) is 0 Å². The average molecular weight is 459 g/mol. The molecule has 168 valence electrons. The first-order valence-corrected chi connectivity index (χ1v) is 12.4. The highest BCUT2D eigenvalue weighted by Gasteiger charge is 2.15. The van der Waals surface area contributed by atoms with Gasteiger partial charge < -0.3 is 9.55 Å². The Kier molecular flexibility index (Phi) is 3.97. The lowest BCUT2D eigenvalue weighted by Gasteiger charge is -2.11. The lowest BCUT2D eigenvalue weighted by molar-refractivity contribution is 1.20. The van der Waals surface area contributed by atoms with Crippen molar-refractivity contribution in [1.82, 2.24) is 9.55 Å². The van der Waals surface area contributed by atoms with Gasteiger partial charge in [-0.2, -0.15) is 0 Å². The number of para-hydroxylation sites is 2. The number of hydrogen-bond donors (Lipinski definition) is 1. The van der Waals surface area contributed by atoms with E-state index in [0.717, 1.165) is 0 Å². The summed E-state index contributed by atoms with van der Waals surface area (Å²) in [5.41, 5.74) is 8.47. The summed E-state index contributed by atoms with van der Waals surface area (Å²) in [5.74, 6) is 0. The molecule has 0 fully saturated rings. The monoisotopic (exact) mass is 458 g/mol. The van der Waals surface area contributed by atoms with E-state index in [1.165, 1.54) is 71.2 Å². The Labute approximate surface area is 208 Å². The number of benzene rings is 6. The molecule has 8 rings (SSSR count). The maximum Gasteiger partial charge on any atom is 0.0541 e. The molecule has 0 aliphatic carbocycles. The predicted octanol–water partition coefficient (Wildman–Crippen LogP) is 9.24. The van der Waals surface area contributed by atoms with Crippen molar-refractivity contribution in [3.05, 3.63) is 127 Å². The van der Waals surface area contributed by atoms with E-state index in [1.807, 2.05) is 0 Å². The van der Waals surface area contributed by atoms with Crippen LogP contribution in [0.25, 0.3) is 71.2 Å². The number of hydrogen-bond acceptors (Lipinski definition) is 0. The van der Waals surface area contributed by atoms with Gasteiger partial charge >= 0.3 is 0 Å². The predicted molar refractivity (Wildman–Crippen MR) is 153 cm³/mol. The van der Waals surface area contributed by atoms with Crippen LogP contribution in [0.15, 0.2) is 127 Å². The van der Waals surface area contributed by atoms with Crippen molar-refractivity contribution in [1.29, 1.82) is 0 Å². The summed E-state index contributed by atoms with van der Waals surface area (Å²) in [4.78, 5) is 3.59. The Morgan fingerprint density at radius 1 is 0.417 bits per heavy atom. The van der Waals surface area contributed by atoms with Crippen LogP contribution in [0.2, 0.25) is 0 Å². The van der Waals surface area contributed by atoms with Gasteiger partial charge in [0, 0.05) is 38.0 Å². The summed E-state index contributed by atoms with van der Waals surface area (Å²) < 4.78 is 2.41. The first kappa shape index (κ1) is 19.5. The molecule has 8 aromatic rings. The van der Waals surface area contributed by atoms with Gasteiger partial charge in [-0.25, -0.2) is 0 Å². The summed E-state index contributed by atoms with van der Waals surface area (Å²) >= 11 is 0. The second-order valence-electron chi connectivity index (χ2n) is 9.51. The first-order chi connectivity index (χ1) is 17.8. The molecular formula is C34H22N2. The number of aromatic amines is 1. The van der Waals surface area contributed by atoms with Gasteiger partial charge in [-0.1, -0.05) is 91.0 Å². The largest absolute Gasteiger partial charge is 0.354 e. The van der Waals surface area contributed by atoms with Crippen molar-refractivity contribution in [2.75, 3.05) is 0 Å². The van der Waals surface area contributed by atoms with E-state index in [-0.39, 0.29) is 0 Å². The van der Waals surface area contributed by atoms with Crippen LogP contribution in [0.4, 0.5) is 0 Å². The molecule has 6 aromatic carbocycles. The molecule has 36 heavy (non-hydrogen) atoms. The highest BCUT2D eigenvalue weighted by molar-refractivity contribution is 6.12. The number of nitrogens with one attached hydrogen (secondary N) is 1. The fourth-order valence-electron chi connectivity index (χ4n) is 5.85. The number of fused-ring (bicyclic) bond motifs is 7. The Morgan fingerprint density at radius 2 is 1.08 bits per heavy atom. The van der Waals surface area contributed by atoms with Crippen LogP contribution in [0.1, 0.15) is 0 Å². The second-order valence-corrected chi connectivity index (χ2v) is 9.51. The molecular weight excluding hydrogens is 436 g/mol. The third kappa shape index (κ3) is 2.73. The fraction of sp³-hybridized carbons (Fsp3) is 0. The van der Waals surface area contributed by atoms with Crippen LogP contribution in [-0.2, 0) is 0 Å². The SMILES string of the molecule is c1ccc2c(-n3c4ccccc4c4cc(-c5ccc6c(c5)[nH]c5ccccc56)ccc43)cccc2c1. The summed E-state index contributed by atoms with van der Waals surface area (Å²) in [6.07, 6.45) is 0. The van der Waals surface area contributed by atoms with Crippen LogP contribution >= 0.6 is 0 Å². The number of aromatic nitrogens is 2. The quantitative estimate of drug-likeness (QED) is 0.266. The minimum atomic E-state index is 1.17. The van der Waals surface area contributed by atoms with Gasteiger partial charge in [-0.3, -0.25) is 0 Å². The molecule has 0 radical (unpaired) electrons. The lowest BCUT2D eigenvalue weighted by atomic mass is 10.0. The third-order valence-corrected chi connectivity index (χ3v) is 7.52. The normalized spacial score (nSPS) is 11.9. The number of nitrogens with zero attached hydrogens (tertiary/aromatic N) is 1. The van der Waals surface area contributed by atoms with Crippen LogP contribution in [0, 0.1) is 0 Å². The highest BCUT2D eigenvalue weighted by atomic mass is 15.0. The zero-order valence-corrected chi connectivity index (χ0v) is 19.6. The van der Waals surface area contributed by atoms with Gasteiger partial charge in [0.15, 0.2) is 0 Å². The lowest BCUT2D eigenvalue weighted by Crippen LogP contribution is -1.95. The topological polar surface area (TPSA) is 20.7 Å². The summed E-state index contributed by atoms with van der Waals surface area (Å²) in [6.45, 7) is 0. The standard InChI is InChI=1S/C34H22N2/c1-2-10-25-22(8-1)9-7-15-32(25)36-33-14-6-4-12-28(33)29-20-23(17-19-34(29)36)24-16-18-27-26-11-3-5-13-30(26)35-31(27)21-24/h1-21,35H. The highest BCUT2D eigenvalue weighted by Crippen LogP contribution is 2.37. The first-order valence-electron chi connectivity index (χ1n) is 12.4. The average Bonchev–Trinajstić information content (AvgIpc) is 3.47. The van der Waals surface area contributed by atoms with E-state index >= 15 is 0 Å². The van der Waals surface area contributed by atoms with Crippen LogP contribution in [-0.4, -0.2) is 9.55 Å². The molecule has 0 aliphatic rings. The molecule has 0 bridgehead atoms. The van der Waals surface area contributed by atoms with Gasteiger partial charge in [0.25, 0.3) is 0 Å². The van der Waals surface area contributed by atoms with Crippen molar-refractivity contribution in [2.45, 2.75) is 0 Å². The van der Waals surface area contributed by atoms with E-state index < -0.39 is 0 Å². The Balaban J connectivity index is 1.38. The van der Waals surface area contributed by atoms with Gasteiger partial charge in [0.2, 0.25) is 0 Å². The van der Waals surface area contributed by atoms with Gasteiger partial charge in [0.1, 0.15) is 0 Å². The van der Waals surface area contributed by atoms with Gasteiger partial charge in [-0.15, -0.1) is 0 Å². The Hall–Kier alpha value is -4.82. The molecule has 2 heterocycles. The van der Waals surface area contributed by atoms with Crippen LogP contribution < -0.4 is 0 Å². The van der Waals surface area contributed by atoms with E-state index in [9.17, 15) is 0 Å². The molecule has 2 heteroatoms. The number of H-pyrrole nitrogens is 1. The smallest absolute Gasteiger partial charge is 0.0541 e. The zero-order valence-electron chi connectivity index (χ0n) is 19.6. The molecule has 0 spiro atoms. The number of rotatable bonds is 2. The van der Waals surface area contributed by atoms with Crippen molar-refractivity contribution >= 4 is 54.4 Å². The molecule has 0 atom stereocenters. The van der Waals surface area contributed by atoms with E-state index in [4.69, 9.17) is 0 Å². The third-order valence-electron chi connectivity index (χ3n) is 7.52. The zero-order chi connectivity index (χ0) is 23.6. The van der Waals surface area contributed by atoms with Crippen molar-refractivity contribution in [3.8, 4) is 16.8 Å². The molecule has 0 unspecified atom stereocenters. The molecule has 0 saturated heterocycles. The second kappa shape index (κ2) is 7.34. The van der Waals surface area contributed by atoms with Gasteiger partial charge in [0.05, 0.1) is 16.7 Å². The minimum Gasteiger partial charge on any atom is -0.354 e.